The fraction of sp³-hybridized carbons (Fsp3) is 0.400. The van der Waals surface area contributed by atoms with E-state index in [1.165, 1.54) is 0 Å². The van der Waals surface area contributed by atoms with E-state index in [4.69, 9.17) is 23.2 Å². The molecule has 0 atom stereocenters. The highest BCUT2D eigenvalue weighted by Gasteiger charge is 2.49. The summed E-state index contributed by atoms with van der Waals surface area (Å²) in [6.07, 6.45) is 4.36. The van der Waals surface area contributed by atoms with Crippen molar-refractivity contribution in [1.82, 2.24) is 20.1 Å². The molecule has 8 heteroatoms. The second-order valence-corrected chi connectivity index (χ2v) is 10.1. The lowest BCUT2D eigenvalue weighted by molar-refractivity contribution is 0.0996. The van der Waals surface area contributed by atoms with E-state index in [0.29, 0.717) is 23.7 Å². The van der Waals surface area contributed by atoms with Gasteiger partial charge in [-0.2, -0.15) is 0 Å². The Labute approximate surface area is 203 Å². The summed E-state index contributed by atoms with van der Waals surface area (Å²) in [4.78, 5) is 15.2. The zero-order chi connectivity index (χ0) is 23.2. The minimum absolute atomic E-state index is 0.0158. The molecule has 3 aromatic rings. The van der Waals surface area contributed by atoms with Crippen molar-refractivity contribution >= 4 is 34.8 Å². The number of anilines is 1. The summed E-state index contributed by atoms with van der Waals surface area (Å²) >= 11 is 13.0. The molecule has 5 rings (SSSR count). The molecular formula is C25H27Cl2N5O. The van der Waals surface area contributed by atoms with Crippen molar-refractivity contribution in [1.29, 1.82) is 0 Å². The van der Waals surface area contributed by atoms with Gasteiger partial charge in [-0.15, -0.1) is 21.8 Å². The van der Waals surface area contributed by atoms with E-state index in [1.807, 2.05) is 40.8 Å². The minimum atomic E-state index is -0.293. The average Bonchev–Trinajstić information content (AvgIpc) is 3.35. The predicted octanol–water partition coefficient (Wildman–Crippen LogP) is 4.82. The molecule has 0 spiro atoms. The summed E-state index contributed by atoms with van der Waals surface area (Å²) in [7, 11) is 1.96. The standard InChI is InChI=1S/C25H27Cl2N5O/c1-3-7-28-13-16-8-20-21(22(27)9-16)14-32(23(20)33)19-6-4-5-17(10-19)25(11-18(26)12-25)24-30-29-15-31(24)2/h4-6,8-10,15,18,28H,3,7,11-14H2,1-2H3. The van der Waals surface area contributed by atoms with Gasteiger partial charge in [0.2, 0.25) is 0 Å². The molecule has 33 heavy (non-hydrogen) atoms. The molecule has 2 aromatic carbocycles. The molecule has 1 saturated carbocycles. The van der Waals surface area contributed by atoms with Gasteiger partial charge in [0.1, 0.15) is 12.2 Å². The first-order valence-corrected chi connectivity index (χ1v) is 12.2. The molecule has 0 bridgehead atoms. The second kappa shape index (κ2) is 8.75. The van der Waals surface area contributed by atoms with Crippen molar-refractivity contribution in [2.75, 3.05) is 11.4 Å². The minimum Gasteiger partial charge on any atom is -0.320 e. The van der Waals surface area contributed by atoms with E-state index in [0.717, 1.165) is 54.0 Å². The van der Waals surface area contributed by atoms with E-state index in [2.05, 4.69) is 34.6 Å². The molecule has 1 aromatic heterocycles. The number of nitrogens with one attached hydrogen (secondary N) is 1. The molecule has 0 unspecified atom stereocenters. The van der Waals surface area contributed by atoms with Gasteiger partial charge in [-0.05, 0) is 61.2 Å². The predicted molar refractivity (Wildman–Crippen MR) is 131 cm³/mol. The third-order valence-electron chi connectivity index (χ3n) is 6.79. The first kappa shape index (κ1) is 22.4. The molecule has 1 aliphatic carbocycles. The van der Waals surface area contributed by atoms with E-state index in [1.54, 1.807) is 6.33 Å². The number of carbonyl (C=O) groups is 1. The molecule has 2 aliphatic rings. The van der Waals surface area contributed by atoms with Crippen LogP contribution in [0.1, 0.15) is 59.1 Å². The number of hydrogen-bond donors (Lipinski definition) is 1. The largest absolute Gasteiger partial charge is 0.320 e. The Hall–Kier alpha value is -2.41. The van der Waals surface area contributed by atoms with Gasteiger partial charge in [-0.3, -0.25) is 4.79 Å². The van der Waals surface area contributed by atoms with E-state index in [9.17, 15) is 4.79 Å². The topological polar surface area (TPSA) is 63.1 Å². The number of nitrogens with zero attached hydrogens (tertiary/aromatic N) is 4. The number of amides is 1. The number of rotatable bonds is 7. The molecule has 6 nitrogen and oxygen atoms in total. The van der Waals surface area contributed by atoms with Crippen LogP contribution in [0, 0.1) is 0 Å². The maximum Gasteiger partial charge on any atom is 0.258 e. The van der Waals surface area contributed by atoms with Gasteiger partial charge in [0.25, 0.3) is 5.91 Å². The van der Waals surface area contributed by atoms with Gasteiger partial charge < -0.3 is 14.8 Å². The molecule has 1 fully saturated rings. The maximum absolute atomic E-state index is 13.4. The smallest absolute Gasteiger partial charge is 0.258 e. The Morgan fingerprint density at radius 3 is 2.76 bits per heavy atom. The zero-order valence-corrected chi connectivity index (χ0v) is 20.3. The lowest BCUT2D eigenvalue weighted by atomic mass is 9.63. The fourth-order valence-electron chi connectivity index (χ4n) is 5.07. The van der Waals surface area contributed by atoms with Crippen LogP contribution in [0.2, 0.25) is 5.02 Å². The average molecular weight is 484 g/mol. The molecule has 1 amide bonds. The van der Waals surface area contributed by atoms with Crippen molar-refractivity contribution in [2.45, 2.75) is 50.1 Å². The number of alkyl halides is 1. The number of aryl methyl sites for hydroxylation is 1. The summed E-state index contributed by atoms with van der Waals surface area (Å²) < 4.78 is 1.96. The SMILES string of the molecule is CCCNCc1cc(Cl)c2c(c1)C(=O)N(c1cccc(C3(c4nncn4C)CC(Cl)C3)c1)C2. The number of carbonyl (C=O) groups excluding carboxylic acids is 1. The Morgan fingerprint density at radius 1 is 1.24 bits per heavy atom. The monoisotopic (exact) mass is 483 g/mol. The summed E-state index contributed by atoms with van der Waals surface area (Å²) in [5.74, 6) is 0.887. The molecule has 172 valence electrons. The molecule has 0 radical (unpaired) electrons. The molecular weight excluding hydrogens is 457 g/mol. The van der Waals surface area contributed by atoms with Gasteiger partial charge in [-0.1, -0.05) is 30.7 Å². The van der Waals surface area contributed by atoms with Crippen LogP contribution in [0.5, 0.6) is 0 Å². The molecule has 0 saturated heterocycles. The second-order valence-electron chi connectivity index (χ2n) is 9.08. The van der Waals surface area contributed by atoms with Gasteiger partial charge in [0.05, 0.1) is 12.0 Å². The highest BCUT2D eigenvalue weighted by atomic mass is 35.5. The van der Waals surface area contributed by atoms with Crippen LogP contribution >= 0.6 is 23.2 Å². The van der Waals surface area contributed by atoms with Crippen LogP contribution in [0.4, 0.5) is 5.69 Å². The Kier molecular flexibility index (Phi) is 5.93. The first-order chi connectivity index (χ1) is 15.9. The lowest BCUT2D eigenvalue weighted by Crippen LogP contribution is -2.45. The fourth-order valence-corrected chi connectivity index (χ4v) is 5.90. The number of aromatic nitrogens is 3. The van der Waals surface area contributed by atoms with Crippen LogP contribution < -0.4 is 10.2 Å². The Morgan fingerprint density at radius 2 is 2.06 bits per heavy atom. The van der Waals surface area contributed by atoms with Crippen molar-refractivity contribution in [3.8, 4) is 0 Å². The van der Waals surface area contributed by atoms with E-state index in [-0.39, 0.29) is 16.7 Å². The summed E-state index contributed by atoms with van der Waals surface area (Å²) in [6, 6.07) is 12.1. The maximum atomic E-state index is 13.4. The van der Waals surface area contributed by atoms with Crippen molar-refractivity contribution < 1.29 is 4.79 Å². The van der Waals surface area contributed by atoms with Crippen molar-refractivity contribution in [3.05, 3.63) is 75.8 Å². The number of fused-ring (bicyclic) bond motifs is 1. The third kappa shape index (κ3) is 3.84. The van der Waals surface area contributed by atoms with Crippen LogP contribution in [-0.2, 0) is 25.6 Å². The van der Waals surface area contributed by atoms with Gasteiger partial charge in [0, 0.05) is 40.8 Å². The van der Waals surface area contributed by atoms with E-state index >= 15 is 0 Å². The normalized spacial score (nSPS) is 21.9. The van der Waals surface area contributed by atoms with Gasteiger partial charge in [-0.25, -0.2) is 0 Å². The van der Waals surface area contributed by atoms with Crippen LogP contribution in [0.15, 0.2) is 42.7 Å². The number of benzene rings is 2. The summed E-state index contributed by atoms with van der Waals surface area (Å²) in [5, 5.41) is 12.6. The summed E-state index contributed by atoms with van der Waals surface area (Å²) in [6.45, 7) is 4.22. The lowest BCUT2D eigenvalue weighted by Gasteiger charge is -2.44. The van der Waals surface area contributed by atoms with Crippen molar-refractivity contribution in [2.24, 2.45) is 7.05 Å². The van der Waals surface area contributed by atoms with Gasteiger partial charge in [0.15, 0.2) is 0 Å². The third-order valence-corrected chi connectivity index (χ3v) is 7.44. The molecule has 1 aliphatic heterocycles. The Bertz CT molecular complexity index is 1200. The highest BCUT2D eigenvalue weighted by molar-refractivity contribution is 6.32. The highest BCUT2D eigenvalue weighted by Crippen LogP contribution is 2.51. The van der Waals surface area contributed by atoms with Crippen LogP contribution in [0.25, 0.3) is 0 Å². The molecule has 2 heterocycles. The Balaban J connectivity index is 1.46. The first-order valence-electron chi connectivity index (χ1n) is 11.4. The zero-order valence-electron chi connectivity index (χ0n) is 18.8. The van der Waals surface area contributed by atoms with Crippen molar-refractivity contribution in [3.63, 3.8) is 0 Å². The quantitative estimate of drug-likeness (QED) is 0.386. The van der Waals surface area contributed by atoms with Crippen LogP contribution in [0.3, 0.4) is 0 Å². The molecule has 1 N–H and O–H groups in total. The number of halogens is 2. The summed E-state index contributed by atoms with van der Waals surface area (Å²) in [5.41, 5.74) is 4.27. The van der Waals surface area contributed by atoms with Crippen LogP contribution in [-0.4, -0.2) is 32.6 Å². The van der Waals surface area contributed by atoms with E-state index < -0.39 is 0 Å². The number of hydrogen-bond acceptors (Lipinski definition) is 4. The van der Waals surface area contributed by atoms with Gasteiger partial charge >= 0.3 is 0 Å².